The molecule has 1 aliphatic carbocycles. The SMILES string of the molecule is C[C@@H](NS(=O)(=O)c1ccccc1)C(=O)NC1CCCCCCC1. The lowest BCUT2D eigenvalue weighted by molar-refractivity contribution is -0.123. The highest BCUT2D eigenvalue weighted by atomic mass is 32.2. The van der Waals surface area contributed by atoms with Gasteiger partial charge in [-0.05, 0) is 31.9 Å². The van der Waals surface area contributed by atoms with Crippen molar-refractivity contribution in [2.24, 2.45) is 0 Å². The molecule has 0 saturated heterocycles. The van der Waals surface area contributed by atoms with E-state index in [0.717, 1.165) is 25.7 Å². The molecule has 0 unspecified atom stereocenters. The van der Waals surface area contributed by atoms with Crippen molar-refractivity contribution in [3.63, 3.8) is 0 Å². The molecule has 6 heteroatoms. The van der Waals surface area contributed by atoms with E-state index < -0.39 is 16.1 Å². The summed E-state index contributed by atoms with van der Waals surface area (Å²) < 4.78 is 26.9. The second-order valence-electron chi connectivity index (χ2n) is 6.21. The average molecular weight is 338 g/mol. The normalized spacial score (nSPS) is 18.7. The number of benzene rings is 1. The fraction of sp³-hybridized carbons (Fsp3) is 0.588. The summed E-state index contributed by atoms with van der Waals surface area (Å²) in [5.41, 5.74) is 0. The molecule has 1 saturated carbocycles. The zero-order valence-electron chi connectivity index (χ0n) is 13.6. The van der Waals surface area contributed by atoms with E-state index in [1.807, 2.05) is 0 Å². The van der Waals surface area contributed by atoms with Crippen LogP contribution < -0.4 is 10.0 Å². The third-order valence-electron chi connectivity index (χ3n) is 4.23. The summed E-state index contributed by atoms with van der Waals surface area (Å²) in [4.78, 5) is 12.5. The number of carbonyl (C=O) groups excluding carboxylic acids is 1. The molecule has 0 bridgehead atoms. The van der Waals surface area contributed by atoms with Crippen LogP contribution in [0.2, 0.25) is 0 Å². The van der Waals surface area contributed by atoms with Crippen LogP contribution in [-0.4, -0.2) is 26.4 Å². The molecule has 1 aliphatic rings. The Hall–Kier alpha value is -1.40. The minimum Gasteiger partial charge on any atom is -0.352 e. The predicted molar refractivity (Wildman–Crippen MR) is 90.5 cm³/mol. The zero-order valence-corrected chi connectivity index (χ0v) is 14.4. The molecule has 1 atom stereocenters. The van der Waals surface area contributed by atoms with E-state index in [1.165, 1.54) is 31.4 Å². The second-order valence-corrected chi connectivity index (χ2v) is 7.92. The number of hydrogen-bond donors (Lipinski definition) is 2. The van der Waals surface area contributed by atoms with Crippen molar-refractivity contribution >= 4 is 15.9 Å². The van der Waals surface area contributed by atoms with Crippen molar-refractivity contribution in [3.8, 4) is 0 Å². The number of amides is 1. The van der Waals surface area contributed by atoms with Gasteiger partial charge in [0.1, 0.15) is 0 Å². The van der Waals surface area contributed by atoms with Gasteiger partial charge in [-0.15, -0.1) is 0 Å². The van der Waals surface area contributed by atoms with E-state index in [1.54, 1.807) is 25.1 Å². The van der Waals surface area contributed by atoms with Gasteiger partial charge in [0.2, 0.25) is 15.9 Å². The van der Waals surface area contributed by atoms with Gasteiger partial charge in [-0.25, -0.2) is 8.42 Å². The maximum Gasteiger partial charge on any atom is 0.241 e. The first-order valence-corrected chi connectivity index (χ1v) is 9.85. The molecule has 1 amide bonds. The van der Waals surface area contributed by atoms with Gasteiger partial charge < -0.3 is 5.32 Å². The fourth-order valence-electron chi connectivity index (χ4n) is 2.88. The first-order valence-electron chi connectivity index (χ1n) is 8.37. The van der Waals surface area contributed by atoms with Crippen LogP contribution in [0.5, 0.6) is 0 Å². The predicted octanol–water partition coefficient (Wildman–Crippen LogP) is 2.58. The quantitative estimate of drug-likeness (QED) is 0.866. The standard InChI is InChI=1S/C17H26N2O3S/c1-14(19-23(21,22)16-12-8-5-9-13-16)17(20)18-15-10-6-3-2-4-7-11-15/h5,8-9,12-15,19H,2-4,6-7,10-11H2,1H3,(H,18,20)/t14-/m1/s1. The average Bonchev–Trinajstić information content (AvgIpc) is 2.50. The minimum absolute atomic E-state index is 0.159. The minimum atomic E-state index is -3.67. The summed E-state index contributed by atoms with van der Waals surface area (Å²) in [6.45, 7) is 1.58. The Kier molecular flexibility index (Phi) is 6.59. The first kappa shape index (κ1) is 17.9. The molecule has 0 aliphatic heterocycles. The molecule has 1 aromatic carbocycles. The molecule has 23 heavy (non-hydrogen) atoms. The lowest BCUT2D eigenvalue weighted by atomic mass is 9.96. The van der Waals surface area contributed by atoms with Crippen LogP contribution in [0.3, 0.4) is 0 Å². The Morgan fingerprint density at radius 3 is 2.22 bits per heavy atom. The third-order valence-corrected chi connectivity index (χ3v) is 5.79. The molecule has 2 rings (SSSR count). The van der Waals surface area contributed by atoms with E-state index in [0.29, 0.717) is 0 Å². The number of carbonyl (C=O) groups is 1. The molecule has 128 valence electrons. The molecule has 0 spiro atoms. The highest BCUT2D eigenvalue weighted by Gasteiger charge is 2.23. The second kappa shape index (κ2) is 8.45. The van der Waals surface area contributed by atoms with E-state index in [2.05, 4.69) is 10.0 Å². The number of rotatable bonds is 5. The lowest BCUT2D eigenvalue weighted by Gasteiger charge is -2.23. The smallest absolute Gasteiger partial charge is 0.241 e. The Labute approximate surface area is 138 Å². The van der Waals surface area contributed by atoms with Gasteiger partial charge in [0.05, 0.1) is 10.9 Å². The van der Waals surface area contributed by atoms with Crippen LogP contribution in [0.25, 0.3) is 0 Å². The van der Waals surface area contributed by atoms with Crippen LogP contribution in [0.1, 0.15) is 51.9 Å². The van der Waals surface area contributed by atoms with E-state index in [9.17, 15) is 13.2 Å². The third kappa shape index (κ3) is 5.62. The summed E-state index contributed by atoms with van der Waals surface area (Å²) in [6, 6.07) is 7.48. The molecule has 1 fully saturated rings. The summed E-state index contributed by atoms with van der Waals surface area (Å²) in [5.74, 6) is -0.255. The van der Waals surface area contributed by atoms with E-state index >= 15 is 0 Å². The zero-order chi connectivity index (χ0) is 16.7. The molecule has 0 radical (unpaired) electrons. The van der Waals surface area contributed by atoms with Crippen molar-refractivity contribution in [2.45, 2.75) is 68.8 Å². The largest absolute Gasteiger partial charge is 0.352 e. The summed E-state index contributed by atoms with van der Waals surface area (Å²) in [6.07, 6.45) is 7.89. The number of hydrogen-bond acceptors (Lipinski definition) is 3. The van der Waals surface area contributed by atoms with Gasteiger partial charge in [-0.3, -0.25) is 4.79 Å². The molecular weight excluding hydrogens is 312 g/mol. The van der Waals surface area contributed by atoms with Crippen molar-refractivity contribution in [2.75, 3.05) is 0 Å². The van der Waals surface area contributed by atoms with Crippen molar-refractivity contribution in [3.05, 3.63) is 30.3 Å². The fourth-order valence-corrected chi connectivity index (χ4v) is 4.10. The summed E-state index contributed by atoms with van der Waals surface area (Å²) in [5, 5.41) is 2.99. The van der Waals surface area contributed by atoms with Crippen LogP contribution in [0.15, 0.2) is 35.2 Å². The highest BCUT2D eigenvalue weighted by molar-refractivity contribution is 7.89. The Balaban J connectivity index is 1.91. The molecule has 5 nitrogen and oxygen atoms in total. The molecule has 0 aromatic heterocycles. The van der Waals surface area contributed by atoms with Crippen LogP contribution in [0, 0.1) is 0 Å². The van der Waals surface area contributed by atoms with Crippen LogP contribution >= 0.6 is 0 Å². The Morgan fingerprint density at radius 2 is 1.61 bits per heavy atom. The van der Waals surface area contributed by atoms with E-state index in [-0.39, 0.29) is 16.8 Å². The monoisotopic (exact) mass is 338 g/mol. The maximum absolute atomic E-state index is 12.3. The summed E-state index contributed by atoms with van der Waals surface area (Å²) >= 11 is 0. The summed E-state index contributed by atoms with van der Waals surface area (Å²) in [7, 11) is -3.67. The number of nitrogens with one attached hydrogen (secondary N) is 2. The van der Waals surface area contributed by atoms with Gasteiger partial charge in [0.25, 0.3) is 0 Å². The first-order chi connectivity index (χ1) is 11.0. The van der Waals surface area contributed by atoms with Gasteiger partial charge in [0.15, 0.2) is 0 Å². The maximum atomic E-state index is 12.3. The topological polar surface area (TPSA) is 75.3 Å². The van der Waals surface area contributed by atoms with Crippen molar-refractivity contribution in [1.29, 1.82) is 0 Å². The van der Waals surface area contributed by atoms with Gasteiger partial charge >= 0.3 is 0 Å². The lowest BCUT2D eigenvalue weighted by Crippen LogP contribution is -2.48. The van der Waals surface area contributed by atoms with Crippen molar-refractivity contribution in [1.82, 2.24) is 10.0 Å². The van der Waals surface area contributed by atoms with E-state index in [4.69, 9.17) is 0 Å². The molecule has 0 heterocycles. The molecule has 1 aromatic rings. The van der Waals surface area contributed by atoms with Crippen LogP contribution in [-0.2, 0) is 14.8 Å². The molecular formula is C17H26N2O3S. The molecule has 2 N–H and O–H groups in total. The Bertz CT molecular complexity index is 594. The van der Waals surface area contributed by atoms with Crippen LogP contribution in [0.4, 0.5) is 0 Å². The van der Waals surface area contributed by atoms with Gasteiger partial charge in [-0.2, -0.15) is 4.72 Å². The van der Waals surface area contributed by atoms with Gasteiger partial charge in [0, 0.05) is 6.04 Å². The number of sulfonamides is 1. The van der Waals surface area contributed by atoms with Crippen molar-refractivity contribution < 1.29 is 13.2 Å². The Morgan fingerprint density at radius 1 is 1.04 bits per heavy atom. The highest BCUT2D eigenvalue weighted by Crippen LogP contribution is 2.17. The van der Waals surface area contributed by atoms with Gasteiger partial charge in [-0.1, -0.05) is 50.3 Å².